The molecule has 0 aliphatic heterocycles. The first-order valence-electron chi connectivity index (χ1n) is 3.54. The molecule has 0 saturated carbocycles. The van der Waals surface area contributed by atoms with E-state index in [1.807, 2.05) is 36.4 Å². The minimum absolute atomic E-state index is 0. The fourth-order valence-corrected chi connectivity index (χ4v) is 1.21. The molecule has 0 amide bonds. The molecule has 1 nitrogen and oxygen atoms in total. The fourth-order valence-electron chi connectivity index (χ4n) is 1.21. The number of hydrogen-bond acceptors (Lipinski definition) is 1. The summed E-state index contributed by atoms with van der Waals surface area (Å²) in [7, 11) is 0. The molecule has 0 unspecified atom stereocenters. The molecule has 2 aromatic carbocycles. The molecule has 0 aliphatic rings. The van der Waals surface area contributed by atoms with E-state index in [9.17, 15) is 5.11 Å². The van der Waals surface area contributed by atoms with Crippen molar-refractivity contribution in [3.63, 3.8) is 0 Å². The third-order valence-corrected chi connectivity index (χ3v) is 1.77. The number of rotatable bonds is 0. The van der Waals surface area contributed by atoms with E-state index < -0.39 is 0 Å². The Morgan fingerprint density at radius 1 is 0.833 bits per heavy atom. The van der Waals surface area contributed by atoms with Gasteiger partial charge >= 0.3 is 18.9 Å². The summed E-state index contributed by atoms with van der Waals surface area (Å²) in [6.07, 6.45) is 0. The molecule has 2 aromatic rings. The second-order valence-electron chi connectivity index (χ2n) is 2.50. The van der Waals surface area contributed by atoms with Gasteiger partial charge in [0.05, 0.1) is 0 Å². The molecular formula is C10H9LiO. The standard InChI is InChI=1S/C10H8O.Li.H/c11-10-7-3-5-8-4-1-2-6-9(8)10;;/h1-7,11H;;. The molecule has 0 fully saturated rings. The van der Waals surface area contributed by atoms with E-state index in [4.69, 9.17) is 0 Å². The summed E-state index contributed by atoms with van der Waals surface area (Å²) in [6.45, 7) is 0. The van der Waals surface area contributed by atoms with Crippen LogP contribution in [0.1, 0.15) is 0 Å². The summed E-state index contributed by atoms with van der Waals surface area (Å²) in [5, 5.41) is 11.4. The molecule has 0 spiro atoms. The number of phenolic OH excluding ortho intramolecular Hbond substituents is 1. The predicted octanol–water partition coefficient (Wildman–Crippen LogP) is 1.90. The zero-order valence-electron chi connectivity index (χ0n) is 5.99. The van der Waals surface area contributed by atoms with Crippen molar-refractivity contribution in [1.82, 2.24) is 0 Å². The van der Waals surface area contributed by atoms with Crippen molar-refractivity contribution in [2.24, 2.45) is 0 Å². The first kappa shape index (κ1) is 9.19. The molecule has 2 rings (SSSR count). The molecule has 0 radical (unpaired) electrons. The fraction of sp³-hybridized carbons (Fsp3) is 0. The second kappa shape index (κ2) is 3.67. The third-order valence-electron chi connectivity index (χ3n) is 1.77. The Morgan fingerprint density at radius 2 is 1.50 bits per heavy atom. The normalized spacial score (nSPS) is 9.33. The minimum atomic E-state index is 0. The van der Waals surface area contributed by atoms with Crippen molar-refractivity contribution in [2.45, 2.75) is 0 Å². The van der Waals surface area contributed by atoms with Crippen molar-refractivity contribution in [3.05, 3.63) is 42.5 Å². The first-order chi connectivity index (χ1) is 5.38. The van der Waals surface area contributed by atoms with E-state index in [0.29, 0.717) is 5.75 Å². The average molecular weight is 152 g/mol. The van der Waals surface area contributed by atoms with Gasteiger partial charge in [0.2, 0.25) is 0 Å². The summed E-state index contributed by atoms with van der Waals surface area (Å²) in [5.74, 6) is 0.350. The van der Waals surface area contributed by atoms with E-state index in [-0.39, 0.29) is 18.9 Å². The van der Waals surface area contributed by atoms with Crippen LogP contribution < -0.4 is 0 Å². The SMILES string of the molecule is Oc1cccc2ccccc12.[LiH]. The predicted molar refractivity (Wildman–Crippen MR) is 52.8 cm³/mol. The van der Waals surface area contributed by atoms with Crippen molar-refractivity contribution >= 4 is 29.6 Å². The maximum atomic E-state index is 9.37. The summed E-state index contributed by atoms with van der Waals surface area (Å²) < 4.78 is 0. The van der Waals surface area contributed by atoms with Gasteiger partial charge in [-0.05, 0) is 11.5 Å². The van der Waals surface area contributed by atoms with Gasteiger partial charge in [0.25, 0.3) is 0 Å². The van der Waals surface area contributed by atoms with Crippen molar-refractivity contribution < 1.29 is 5.11 Å². The van der Waals surface area contributed by atoms with Gasteiger partial charge in [-0.2, -0.15) is 0 Å². The molecule has 0 aliphatic carbocycles. The van der Waals surface area contributed by atoms with Crippen LogP contribution in [0.2, 0.25) is 0 Å². The van der Waals surface area contributed by atoms with Gasteiger partial charge in [-0.3, -0.25) is 0 Å². The Hall–Kier alpha value is -0.903. The Balaban J connectivity index is 0.000000720. The van der Waals surface area contributed by atoms with Crippen LogP contribution in [0.5, 0.6) is 5.75 Å². The van der Waals surface area contributed by atoms with Crippen LogP contribution in [-0.2, 0) is 0 Å². The molecule has 12 heavy (non-hydrogen) atoms. The van der Waals surface area contributed by atoms with Crippen LogP contribution in [0.25, 0.3) is 10.8 Å². The van der Waals surface area contributed by atoms with Crippen LogP contribution in [0.3, 0.4) is 0 Å². The Kier molecular flexibility index (Phi) is 2.81. The number of hydrogen-bond donors (Lipinski definition) is 1. The van der Waals surface area contributed by atoms with E-state index in [0.717, 1.165) is 10.8 Å². The van der Waals surface area contributed by atoms with Gasteiger partial charge < -0.3 is 5.11 Å². The third kappa shape index (κ3) is 1.48. The van der Waals surface area contributed by atoms with Crippen LogP contribution in [-0.4, -0.2) is 24.0 Å². The van der Waals surface area contributed by atoms with Gasteiger partial charge in [0.1, 0.15) is 5.75 Å². The van der Waals surface area contributed by atoms with Gasteiger partial charge in [0.15, 0.2) is 0 Å². The Bertz CT molecular complexity index is 379. The summed E-state index contributed by atoms with van der Waals surface area (Å²) in [6, 6.07) is 13.3. The zero-order valence-corrected chi connectivity index (χ0v) is 5.99. The molecule has 0 bridgehead atoms. The number of phenols is 1. The van der Waals surface area contributed by atoms with E-state index >= 15 is 0 Å². The summed E-state index contributed by atoms with van der Waals surface area (Å²) in [5.41, 5.74) is 0. The van der Waals surface area contributed by atoms with Crippen LogP contribution in [0.4, 0.5) is 0 Å². The van der Waals surface area contributed by atoms with Crippen molar-refractivity contribution in [1.29, 1.82) is 0 Å². The molecular weight excluding hydrogens is 143 g/mol. The van der Waals surface area contributed by atoms with Crippen LogP contribution in [0, 0.1) is 0 Å². The molecule has 0 heterocycles. The Morgan fingerprint density at radius 3 is 2.25 bits per heavy atom. The van der Waals surface area contributed by atoms with Gasteiger partial charge in [0, 0.05) is 5.39 Å². The maximum absolute atomic E-state index is 9.37. The topological polar surface area (TPSA) is 20.2 Å². The summed E-state index contributed by atoms with van der Waals surface area (Å²) in [4.78, 5) is 0. The van der Waals surface area contributed by atoms with E-state index in [1.54, 1.807) is 6.07 Å². The number of fused-ring (bicyclic) bond motifs is 1. The van der Waals surface area contributed by atoms with Crippen LogP contribution in [0.15, 0.2) is 42.5 Å². The second-order valence-corrected chi connectivity index (χ2v) is 2.50. The monoisotopic (exact) mass is 152 g/mol. The van der Waals surface area contributed by atoms with E-state index in [1.165, 1.54) is 0 Å². The Labute approximate surface area is 83.2 Å². The summed E-state index contributed by atoms with van der Waals surface area (Å²) >= 11 is 0. The molecule has 1 N–H and O–H groups in total. The molecule has 56 valence electrons. The quantitative estimate of drug-likeness (QED) is 0.571. The van der Waals surface area contributed by atoms with E-state index in [2.05, 4.69) is 0 Å². The van der Waals surface area contributed by atoms with Gasteiger partial charge in [-0.25, -0.2) is 0 Å². The van der Waals surface area contributed by atoms with Crippen LogP contribution >= 0.6 is 0 Å². The number of benzene rings is 2. The first-order valence-corrected chi connectivity index (χ1v) is 3.54. The van der Waals surface area contributed by atoms with Gasteiger partial charge in [-0.1, -0.05) is 36.4 Å². The van der Waals surface area contributed by atoms with Crippen molar-refractivity contribution in [2.75, 3.05) is 0 Å². The van der Waals surface area contributed by atoms with Gasteiger partial charge in [-0.15, -0.1) is 0 Å². The number of aromatic hydroxyl groups is 1. The average Bonchev–Trinajstić information content (AvgIpc) is 2.06. The molecule has 2 heteroatoms. The molecule has 0 aromatic heterocycles. The van der Waals surface area contributed by atoms with Crippen molar-refractivity contribution in [3.8, 4) is 5.75 Å². The molecule has 0 saturated heterocycles. The molecule has 0 atom stereocenters. The zero-order chi connectivity index (χ0) is 7.68.